The van der Waals surface area contributed by atoms with E-state index in [4.69, 9.17) is 33.2 Å². The Balaban J connectivity index is 0.000000180. The van der Waals surface area contributed by atoms with Crippen molar-refractivity contribution in [3.05, 3.63) is 12.2 Å². The van der Waals surface area contributed by atoms with E-state index in [9.17, 15) is 0 Å². The molecule has 1 aliphatic rings. The lowest BCUT2D eigenvalue weighted by molar-refractivity contribution is 0.730. The molecule has 0 atom stereocenters. The minimum atomic E-state index is -1.72. The average molecular weight is 218 g/mol. The molecule has 0 aromatic carbocycles. The zero-order valence-corrected chi connectivity index (χ0v) is 9.12. The van der Waals surface area contributed by atoms with Crippen molar-refractivity contribution in [2.45, 2.75) is 25.7 Å². The SMILES string of the molecule is C1=CCCCC1.Cl[SiH](Cl)Cl. The molecule has 0 aromatic heterocycles. The van der Waals surface area contributed by atoms with Gasteiger partial charge in [0.1, 0.15) is 0 Å². The van der Waals surface area contributed by atoms with Crippen molar-refractivity contribution in [3.8, 4) is 0 Å². The van der Waals surface area contributed by atoms with Gasteiger partial charge < -0.3 is 0 Å². The Morgan fingerprint density at radius 3 is 1.30 bits per heavy atom. The highest BCUT2D eigenvalue weighted by Gasteiger charge is 1.87. The summed E-state index contributed by atoms with van der Waals surface area (Å²) >= 11 is 14.8. The van der Waals surface area contributed by atoms with Crippen molar-refractivity contribution < 1.29 is 0 Å². The van der Waals surface area contributed by atoms with Crippen LogP contribution in [0.5, 0.6) is 0 Å². The van der Waals surface area contributed by atoms with E-state index >= 15 is 0 Å². The van der Waals surface area contributed by atoms with Crippen LogP contribution in [0.4, 0.5) is 0 Å². The summed E-state index contributed by atoms with van der Waals surface area (Å²) in [6, 6.07) is 0. The molecule has 4 heteroatoms. The normalized spacial score (nSPS) is 16.4. The first-order chi connectivity index (χ1) is 4.73. The van der Waals surface area contributed by atoms with Gasteiger partial charge in [0.05, 0.1) is 0 Å². The standard InChI is InChI=1S/C6H10.Cl3HSi/c1-2-4-6-5-3-1;1-4(2)3/h1-2H,3-6H2;4H. The zero-order valence-electron chi connectivity index (χ0n) is 5.69. The molecule has 10 heavy (non-hydrogen) atoms. The highest BCUT2D eigenvalue weighted by molar-refractivity contribution is 7.54. The Morgan fingerprint density at radius 2 is 1.20 bits per heavy atom. The van der Waals surface area contributed by atoms with E-state index in [1.54, 1.807) is 0 Å². The van der Waals surface area contributed by atoms with Crippen LogP contribution in [0, 0.1) is 0 Å². The summed E-state index contributed by atoms with van der Waals surface area (Å²) in [7, 11) is 0. The van der Waals surface area contributed by atoms with Crippen LogP contribution in [0.1, 0.15) is 25.7 Å². The summed E-state index contributed by atoms with van der Waals surface area (Å²) < 4.78 is 0. The van der Waals surface area contributed by atoms with E-state index in [0.717, 1.165) is 0 Å². The largest absolute Gasteiger partial charge is 0.326 e. The van der Waals surface area contributed by atoms with Crippen molar-refractivity contribution in [1.82, 2.24) is 0 Å². The van der Waals surface area contributed by atoms with Gasteiger partial charge in [-0.2, -0.15) is 0 Å². The van der Waals surface area contributed by atoms with Crippen LogP contribution in [0.25, 0.3) is 0 Å². The quantitative estimate of drug-likeness (QED) is 0.331. The third-order valence-corrected chi connectivity index (χ3v) is 1.16. The van der Waals surface area contributed by atoms with Gasteiger partial charge in [0.15, 0.2) is 0 Å². The number of halogens is 3. The fourth-order valence-electron chi connectivity index (χ4n) is 0.760. The van der Waals surface area contributed by atoms with Gasteiger partial charge in [0, 0.05) is 0 Å². The van der Waals surface area contributed by atoms with Gasteiger partial charge in [-0.15, -0.1) is 33.2 Å². The Morgan fingerprint density at radius 1 is 0.900 bits per heavy atom. The van der Waals surface area contributed by atoms with Gasteiger partial charge in [-0.25, -0.2) is 0 Å². The van der Waals surface area contributed by atoms with Crippen LogP contribution < -0.4 is 0 Å². The van der Waals surface area contributed by atoms with Crippen LogP contribution in [0.3, 0.4) is 0 Å². The molecule has 0 bridgehead atoms. The Hall–Kier alpha value is 0.827. The Kier molecular flexibility index (Phi) is 8.58. The van der Waals surface area contributed by atoms with Crippen molar-refractivity contribution in [2.24, 2.45) is 0 Å². The molecule has 60 valence electrons. The monoisotopic (exact) mass is 216 g/mol. The second-order valence-corrected chi connectivity index (χ2v) is 8.44. The van der Waals surface area contributed by atoms with Crippen molar-refractivity contribution >= 4 is 40.0 Å². The van der Waals surface area contributed by atoms with Gasteiger partial charge in [0.25, 0.3) is 0 Å². The average Bonchev–Trinajstić information content (AvgIpc) is 1.90. The van der Waals surface area contributed by atoms with Crippen LogP contribution >= 0.6 is 33.2 Å². The minimum absolute atomic E-state index is 1.32. The molecule has 0 N–H and O–H groups in total. The second kappa shape index (κ2) is 7.93. The van der Waals surface area contributed by atoms with Crippen molar-refractivity contribution in [2.75, 3.05) is 0 Å². The van der Waals surface area contributed by atoms with E-state index in [0.29, 0.717) is 0 Å². The van der Waals surface area contributed by atoms with Crippen LogP contribution in [0.15, 0.2) is 12.2 Å². The maximum atomic E-state index is 4.94. The molecular weight excluding hydrogens is 207 g/mol. The summed E-state index contributed by atoms with van der Waals surface area (Å²) in [6.45, 7) is -1.72. The highest BCUT2D eigenvalue weighted by atomic mass is 35.8. The second-order valence-electron chi connectivity index (χ2n) is 2.00. The van der Waals surface area contributed by atoms with E-state index in [1.165, 1.54) is 25.7 Å². The maximum Gasteiger partial charge on any atom is 0.326 e. The molecule has 0 aliphatic heterocycles. The number of hydrogen-bond acceptors (Lipinski definition) is 0. The van der Waals surface area contributed by atoms with Crippen molar-refractivity contribution in [1.29, 1.82) is 0 Å². The molecule has 0 radical (unpaired) electrons. The molecule has 0 amide bonds. The lowest BCUT2D eigenvalue weighted by atomic mass is 10.1. The summed E-state index contributed by atoms with van der Waals surface area (Å²) in [5.41, 5.74) is 0. The highest BCUT2D eigenvalue weighted by Crippen LogP contribution is 2.07. The van der Waals surface area contributed by atoms with Crippen LogP contribution in [-0.4, -0.2) is 6.73 Å². The van der Waals surface area contributed by atoms with Crippen molar-refractivity contribution in [3.63, 3.8) is 0 Å². The summed E-state index contributed by atoms with van der Waals surface area (Å²) in [5, 5.41) is 0. The van der Waals surface area contributed by atoms with Gasteiger partial charge in [-0.1, -0.05) is 12.2 Å². The van der Waals surface area contributed by atoms with Gasteiger partial charge in [0.2, 0.25) is 0 Å². The first-order valence-electron chi connectivity index (χ1n) is 3.30. The van der Waals surface area contributed by atoms with Crippen LogP contribution in [-0.2, 0) is 0 Å². The summed E-state index contributed by atoms with van der Waals surface area (Å²) in [4.78, 5) is 0. The predicted octanol–water partition coefficient (Wildman–Crippen LogP) is 3.54. The minimum Gasteiger partial charge on any atom is -0.130 e. The zero-order chi connectivity index (χ0) is 7.82. The fraction of sp³-hybridized carbons (Fsp3) is 0.667. The Labute approximate surface area is 77.9 Å². The third-order valence-electron chi connectivity index (χ3n) is 1.16. The van der Waals surface area contributed by atoms with E-state index in [-0.39, 0.29) is 0 Å². The van der Waals surface area contributed by atoms with E-state index < -0.39 is 6.73 Å². The summed E-state index contributed by atoms with van der Waals surface area (Å²) in [6.07, 6.45) is 10.0. The third kappa shape index (κ3) is 11.6. The first kappa shape index (κ1) is 10.8. The molecule has 0 saturated carbocycles. The van der Waals surface area contributed by atoms with E-state index in [1.807, 2.05) is 0 Å². The molecule has 0 nitrogen and oxygen atoms in total. The number of allylic oxidation sites excluding steroid dienone is 2. The maximum absolute atomic E-state index is 4.94. The molecule has 0 aromatic rings. The lowest BCUT2D eigenvalue weighted by Gasteiger charge is -1.97. The molecule has 0 unspecified atom stereocenters. The Bertz CT molecular complexity index is 82.2. The molecule has 1 aliphatic carbocycles. The lowest BCUT2D eigenvalue weighted by Crippen LogP contribution is -1.77. The molecule has 0 fully saturated rings. The van der Waals surface area contributed by atoms with E-state index in [2.05, 4.69) is 12.2 Å². The molecular formula is C6H11Cl3Si. The van der Waals surface area contributed by atoms with Gasteiger partial charge in [-0.05, 0) is 25.7 Å². The molecule has 0 spiro atoms. The van der Waals surface area contributed by atoms with Gasteiger partial charge in [-0.3, -0.25) is 0 Å². The first-order valence-corrected chi connectivity index (χ1v) is 8.54. The predicted molar refractivity (Wildman–Crippen MR) is 52.3 cm³/mol. The number of hydrogen-bond donors (Lipinski definition) is 0. The molecule has 0 heterocycles. The van der Waals surface area contributed by atoms with Crippen LogP contribution in [0.2, 0.25) is 0 Å². The number of rotatable bonds is 0. The topological polar surface area (TPSA) is 0 Å². The summed E-state index contributed by atoms with van der Waals surface area (Å²) in [5.74, 6) is 0. The van der Waals surface area contributed by atoms with Gasteiger partial charge >= 0.3 is 6.73 Å². The molecule has 1 rings (SSSR count). The fourth-order valence-corrected chi connectivity index (χ4v) is 0.760. The molecule has 0 saturated heterocycles. The smallest absolute Gasteiger partial charge is 0.130 e.